The predicted molar refractivity (Wildman–Crippen MR) is 156 cm³/mol. The van der Waals surface area contributed by atoms with E-state index in [1.807, 2.05) is 0 Å². The summed E-state index contributed by atoms with van der Waals surface area (Å²) in [6.07, 6.45) is -7.70. The molecule has 0 aromatic rings. The van der Waals surface area contributed by atoms with Gasteiger partial charge >= 0.3 is 23.9 Å². The van der Waals surface area contributed by atoms with E-state index in [0.717, 1.165) is 0 Å². The summed E-state index contributed by atoms with van der Waals surface area (Å²) in [4.78, 5) is 52.1. The Hall–Kier alpha value is -1.82. The van der Waals surface area contributed by atoms with Gasteiger partial charge in [0, 0.05) is 0 Å². The summed E-state index contributed by atoms with van der Waals surface area (Å²) in [5, 5.41) is 8.12. The minimum Gasteiger partial charge on any atom is -0.462 e. The average molecular weight is 661 g/mol. The second-order valence-electron chi connectivity index (χ2n) is 14.2. The van der Waals surface area contributed by atoms with Crippen molar-refractivity contribution in [3.8, 4) is 0 Å². The van der Waals surface area contributed by atoms with Crippen LogP contribution >= 0.6 is 34.8 Å². The van der Waals surface area contributed by atoms with Crippen molar-refractivity contribution in [1.82, 2.24) is 0 Å². The monoisotopic (exact) mass is 659 g/mol. The summed E-state index contributed by atoms with van der Waals surface area (Å²) in [6, 6.07) is 0. The molecule has 42 heavy (non-hydrogen) atoms. The van der Waals surface area contributed by atoms with E-state index < -0.39 is 92.5 Å². The van der Waals surface area contributed by atoms with Gasteiger partial charge in [-0.15, -0.1) is 0 Å². The lowest BCUT2D eigenvalue weighted by molar-refractivity contribution is -0.297. The lowest BCUT2D eigenvalue weighted by atomic mass is 9.93. The molecule has 242 valence electrons. The van der Waals surface area contributed by atoms with Gasteiger partial charge in [0.1, 0.15) is 12.7 Å². The van der Waals surface area contributed by atoms with E-state index in [1.165, 1.54) is 0 Å². The van der Waals surface area contributed by atoms with Crippen LogP contribution in [0.25, 0.3) is 0 Å². The number of carbonyl (C=O) groups is 4. The molecule has 0 saturated carbocycles. The highest BCUT2D eigenvalue weighted by Gasteiger charge is 2.56. The Balaban J connectivity index is 3.82. The predicted octanol–water partition coefficient (Wildman–Crippen LogP) is 5.54. The number of carbonyl (C=O) groups excluding carboxylic acids is 4. The van der Waals surface area contributed by atoms with Crippen molar-refractivity contribution in [1.29, 1.82) is 5.41 Å². The number of halogens is 3. The average Bonchev–Trinajstić information content (AvgIpc) is 2.77. The summed E-state index contributed by atoms with van der Waals surface area (Å²) >= 11 is 17.5. The number of esters is 4. The third kappa shape index (κ3) is 11.0. The molecule has 1 saturated heterocycles. The molecule has 0 amide bonds. The van der Waals surface area contributed by atoms with Gasteiger partial charge in [-0.05, 0) is 83.1 Å². The number of hydrogen-bond acceptors (Lipinski definition) is 11. The van der Waals surface area contributed by atoms with Crippen molar-refractivity contribution in [3.63, 3.8) is 0 Å². The first-order valence-corrected chi connectivity index (χ1v) is 14.5. The first kappa shape index (κ1) is 38.2. The van der Waals surface area contributed by atoms with E-state index in [0.29, 0.717) is 0 Å². The molecule has 1 aliphatic rings. The lowest BCUT2D eigenvalue weighted by Gasteiger charge is -2.45. The molecule has 0 spiro atoms. The quantitative estimate of drug-likeness (QED) is 0.127. The largest absolute Gasteiger partial charge is 0.462 e. The van der Waals surface area contributed by atoms with Crippen LogP contribution in [-0.4, -0.2) is 70.9 Å². The van der Waals surface area contributed by atoms with E-state index in [-0.39, 0.29) is 0 Å². The van der Waals surface area contributed by atoms with Gasteiger partial charge in [0.2, 0.25) is 18.3 Å². The Kier molecular flexibility index (Phi) is 12.2. The van der Waals surface area contributed by atoms with Crippen LogP contribution in [0.3, 0.4) is 0 Å². The topological polar surface area (TPSA) is 148 Å². The smallest absolute Gasteiger partial charge is 0.311 e. The Labute approximate surface area is 263 Å². The summed E-state index contributed by atoms with van der Waals surface area (Å²) < 4.78 is 32.1. The number of rotatable bonds is 6. The summed E-state index contributed by atoms with van der Waals surface area (Å²) in [5.41, 5.74) is -4.02. The normalized spacial score (nSPS) is 23.8. The Bertz CT molecular complexity index is 1030. The van der Waals surface area contributed by atoms with Gasteiger partial charge in [0.15, 0.2) is 12.2 Å². The second kappa shape index (κ2) is 13.4. The van der Waals surface area contributed by atoms with Gasteiger partial charge < -0.3 is 28.4 Å². The molecule has 1 aliphatic heterocycles. The molecule has 0 unspecified atom stereocenters. The van der Waals surface area contributed by atoms with Gasteiger partial charge in [-0.1, -0.05) is 34.8 Å². The molecule has 0 aromatic heterocycles. The fraction of sp³-hybridized carbons (Fsp3) is 0.821. The summed E-state index contributed by atoms with van der Waals surface area (Å²) in [6.45, 7) is 18.8. The maximum atomic E-state index is 13.2. The number of ether oxygens (including phenoxy) is 6. The van der Waals surface area contributed by atoms with Gasteiger partial charge in [-0.2, -0.15) is 0 Å². The molecule has 11 nitrogen and oxygen atoms in total. The van der Waals surface area contributed by atoms with E-state index in [2.05, 4.69) is 0 Å². The zero-order valence-electron chi connectivity index (χ0n) is 26.3. The SMILES string of the molecule is CC(C)(C)C(=O)OC[C@H]1O[C@H](OC(=N)C(Cl)(Cl)Cl)[C@@H](OC(=O)C(C)(C)C)[C@@H](OC(=O)C(C)(C)C)[C@@H]1OC(=O)C(C)(C)C. The van der Waals surface area contributed by atoms with Crippen molar-refractivity contribution >= 4 is 64.6 Å². The van der Waals surface area contributed by atoms with Crippen LogP contribution in [-0.2, 0) is 47.6 Å². The zero-order chi connectivity index (χ0) is 33.2. The van der Waals surface area contributed by atoms with Crippen molar-refractivity contribution in [2.45, 2.75) is 118 Å². The van der Waals surface area contributed by atoms with Gasteiger partial charge in [-0.25, -0.2) is 0 Å². The van der Waals surface area contributed by atoms with Crippen LogP contribution in [0.5, 0.6) is 0 Å². The molecule has 1 rings (SSSR count). The molecular weight excluding hydrogens is 617 g/mol. The fourth-order valence-electron chi connectivity index (χ4n) is 2.97. The van der Waals surface area contributed by atoms with Crippen LogP contribution in [0.2, 0.25) is 0 Å². The van der Waals surface area contributed by atoms with Crippen LogP contribution in [0, 0.1) is 27.1 Å². The van der Waals surface area contributed by atoms with Crippen LogP contribution < -0.4 is 0 Å². The fourth-order valence-corrected chi connectivity index (χ4v) is 3.10. The highest BCUT2D eigenvalue weighted by molar-refractivity contribution is 6.76. The van der Waals surface area contributed by atoms with Gasteiger partial charge in [-0.3, -0.25) is 24.6 Å². The minimum atomic E-state index is -2.34. The van der Waals surface area contributed by atoms with Crippen molar-refractivity contribution in [2.24, 2.45) is 21.7 Å². The Morgan fingerprint density at radius 2 is 0.952 bits per heavy atom. The molecule has 0 radical (unpaired) electrons. The second-order valence-corrected chi connectivity index (χ2v) is 16.5. The van der Waals surface area contributed by atoms with E-state index >= 15 is 0 Å². The minimum absolute atomic E-state index is 0.497. The van der Waals surface area contributed by atoms with Crippen molar-refractivity contribution in [2.75, 3.05) is 6.61 Å². The standard InChI is InChI=1S/C28H44Cl3NO10/c1-24(2,3)20(33)37-13-14-15(39-21(34)25(4,5)6)16(40-22(35)26(7,8)9)17(41-23(36)27(10,11)12)18(38-14)42-19(32)28(29,30)31/h14-18,32H,13H2,1-12H3/t14-,15-,16+,17+,18-/m1/s1. The molecule has 1 heterocycles. The molecule has 1 N–H and O–H groups in total. The van der Waals surface area contributed by atoms with E-state index in [1.54, 1.807) is 83.1 Å². The maximum Gasteiger partial charge on any atom is 0.311 e. The lowest BCUT2D eigenvalue weighted by Crippen LogP contribution is -2.64. The highest BCUT2D eigenvalue weighted by atomic mass is 35.6. The number of hydrogen-bond donors (Lipinski definition) is 1. The highest BCUT2D eigenvalue weighted by Crippen LogP contribution is 2.36. The first-order valence-electron chi connectivity index (χ1n) is 13.3. The maximum absolute atomic E-state index is 13.2. The summed E-state index contributed by atoms with van der Waals surface area (Å²) in [7, 11) is 0. The molecule has 1 fully saturated rings. The first-order chi connectivity index (χ1) is 18.6. The summed E-state index contributed by atoms with van der Waals surface area (Å²) in [5.74, 6) is -3.73. The van der Waals surface area contributed by atoms with Gasteiger partial charge in [0.25, 0.3) is 3.79 Å². The van der Waals surface area contributed by atoms with E-state index in [4.69, 9.17) is 68.6 Å². The van der Waals surface area contributed by atoms with Crippen LogP contribution in [0.1, 0.15) is 83.1 Å². The van der Waals surface area contributed by atoms with Crippen LogP contribution in [0.15, 0.2) is 0 Å². The molecule has 0 bridgehead atoms. The molecule has 14 heteroatoms. The Morgan fingerprint density at radius 1 is 0.595 bits per heavy atom. The molecular formula is C28H44Cl3NO10. The number of nitrogens with one attached hydrogen (secondary N) is 1. The number of alkyl halides is 3. The zero-order valence-corrected chi connectivity index (χ0v) is 28.6. The van der Waals surface area contributed by atoms with Gasteiger partial charge in [0.05, 0.1) is 21.7 Å². The molecule has 0 aliphatic carbocycles. The molecule has 5 atom stereocenters. The van der Waals surface area contributed by atoms with E-state index in [9.17, 15) is 19.2 Å². The molecule has 0 aromatic carbocycles. The third-order valence-electron chi connectivity index (χ3n) is 5.64. The third-order valence-corrected chi connectivity index (χ3v) is 6.16. The Morgan fingerprint density at radius 3 is 1.31 bits per heavy atom. The van der Waals surface area contributed by atoms with Crippen molar-refractivity contribution < 1.29 is 47.6 Å². The van der Waals surface area contributed by atoms with Crippen LogP contribution in [0.4, 0.5) is 0 Å². The van der Waals surface area contributed by atoms with Crippen molar-refractivity contribution in [3.05, 3.63) is 0 Å².